The van der Waals surface area contributed by atoms with Crippen LogP contribution in [-0.4, -0.2) is 29.9 Å². The summed E-state index contributed by atoms with van der Waals surface area (Å²) >= 11 is 0. The summed E-state index contributed by atoms with van der Waals surface area (Å²) in [5, 5.41) is 12.5. The Hall–Kier alpha value is -1.86. The fourth-order valence-electron chi connectivity index (χ4n) is 1.84. The highest BCUT2D eigenvalue weighted by atomic mass is 32.2. The van der Waals surface area contributed by atoms with Crippen molar-refractivity contribution in [3.63, 3.8) is 0 Å². The Labute approximate surface area is 130 Å². The highest BCUT2D eigenvalue weighted by molar-refractivity contribution is 7.92. The van der Waals surface area contributed by atoms with Gasteiger partial charge in [-0.2, -0.15) is 0 Å². The van der Waals surface area contributed by atoms with Crippen LogP contribution in [0.15, 0.2) is 46.2 Å². The minimum absolute atomic E-state index is 0.0316. The highest BCUT2D eigenvalue weighted by Crippen LogP contribution is 2.25. The van der Waals surface area contributed by atoms with Crippen LogP contribution in [-0.2, 0) is 9.84 Å². The lowest BCUT2D eigenvalue weighted by molar-refractivity contribution is 0.261. The van der Waals surface area contributed by atoms with Crippen molar-refractivity contribution in [1.29, 1.82) is 0 Å². The van der Waals surface area contributed by atoms with Gasteiger partial charge in [0.2, 0.25) is 0 Å². The standard InChI is InChI=1S/C15H20N2O4S/c1-15(2,3)22(19,20)14-7-6-11(9-16-14)17-12(10-18)13-5-4-8-21-13/h4-9,12,17-18H,10H2,1-3H3. The van der Waals surface area contributed by atoms with Crippen LogP contribution in [0.1, 0.15) is 32.6 Å². The molecule has 0 spiro atoms. The maximum absolute atomic E-state index is 12.3. The molecule has 7 heteroatoms. The topological polar surface area (TPSA) is 92.4 Å². The first-order chi connectivity index (χ1) is 10.3. The molecular formula is C15H20N2O4S. The van der Waals surface area contributed by atoms with Crippen molar-refractivity contribution < 1.29 is 17.9 Å². The van der Waals surface area contributed by atoms with Crippen LogP contribution in [0.2, 0.25) is 0 Å². The SMILES string of the molecule is CC(C)(C)S(=O)(=O)c1ccc(NC(CO)c2ccco2)cn1. The van der Waals surface area contributed by atoms with Crippen molar-refractivity contribution in [2.75, 3.05) is 11.9 Å². The van der Waals surface area contributed by atoms with Gasteiger partial charge >= 0.3 is 0 Å². The normalized spacial score (nSPS) is 13.8. The van der Waals surface area contributed by atoms with E-state index < -0.39 is 20.6 Å². The van der Waals surface area contributed by atoms with Crippen LogP contribution in [0.5, 0.6) is 0 Å². The smallest absolute Gasteiger partial charge is 0.200 e. The van der Waals surface area contributed by atoms with Crippen LogP contribution in [0.25, 0.3) is 0 Å². The third-order valence-electron chi connectivity index (χ3n) is 3.23. The minimum atomic E-state index is -3.48. The summed E-state index contributed by atoms with van der Waals surface area (Å²) in [6.07, 6.45) is 2.96. The Bertz CT molecular complexity index is 701. The molecule has 0 aliphatic carbocycles. The van der Waals surface area contributed by atoms with E-state index in [1.807, 2.05) is 0 Å². The van der Waals surface area contributed by atoms with Crippen LogP contribution in [0, 0.1) is 0 Å². The van der Waals surface area contributed by atoms with Crippen LogP contribution < -0.4 is 5.32 Å². The minimum Gasteiger partial charge on any atom is -0.467 e. The Balaban J connectivity index is 2.19. The number of hydrogen-bond acceptors (Lipinski definition) is 6. The fourth-order valence-corrected chi connectivity index (χ4v) is 2.90. The average molecular weight is 324 g/mol. The molecule has 2 N–H and O–H groups in total. The van der Waals surface area contributed by atoms with E-state index in [-0.39, 0.29) is 11.6 Å². The van der Waals surface area contributed by atoms with Crippen molar-refractivity contribution >= 4 is 15.5 Å². The summed E-state index contributed by atoms with van der Waals surface area (Å²) in [4.78, 5) is 4.02. The molecule has 0 aliphatic heterocycles. The van der Waals surface area contributed by atoms with Gasteiger partial charge in [0.05, 0.1) is 29.5 Å². The molecule has 2 rings (SSSR count). The molecule has 6 nitrogen and oxygen atoms in total. The lowest BCUT2D eigenvalue weighted by Gasteiger charge is -2.19. The van der Waals surface area contributed by atoms with E-state index in [4.69, 9.17) is 4.42 Å². The van der Waals surface area contributed by atoms with E-state index in [1.54, 1.807) is 39.0 Å². The quantitative estimate of drug-likeness (QED) is 0.877. The van der Waals surface area contributed by atoms with Gasteiger partial charge < -0.3 is 14.8 Å². The molecule has 1 atom stereocenters. The molecule has 1 unspecified atom stereocenters. The largest absolute Gasteiger partial charge is 0.467 e. The number of pyridine rings is 1. The highest BCUT2D eigenvalue weighted by Gasteiger charge is 2.32. The average Bonchev–Trinajstić information content (AvgIpc) is 2.98. The summed E-state index contributed by atoms with van der Waals surface area (Å²) in [6, 6.07) is 6.15. The predicted octanol–water partition coefficient (Wildman–Crippen LogP) is 2.39. The molecule has 0 saturated carbocycles. The monoisotopic (exact) mass is 324 g/mol. The molecule has 120 valence electrons. The van der Waals surface area contributed by atoms with Gasteiger partial charge in [-0.15, -0.1) is 0 Å². The maximum atomic E-state index is 12.3. The third kappa shape index (κ3) is 3.31. The van der Waals surface area contributed by atoms with Gasteiger partial charge in [-0.3, -0.25) is 0 Å². The Morgan fingerprint density at radius 2 is 2.05 bits per heavy atom. The second-order valence-corrected chi connectivity index (χ2v) is 8.55. The zero-order chi connectivity index (χ0) is 16.4. The predicted molar refractivity (Wildman–Crippen MR) is 83.3 cm³/mol. The van der Waals surface area contributed by atoms with Gasteiger partial charge in [0.1, 0.15) is 11.8 Å². The first kappa shape index (κ1) is 16.5. The van der Waals surface area contributed by atoms with Crippen molar-refractivity contribution in [2.45, 2.75) is 36.6 Å². The van der Waals surface area contributed by atoms with E-state index in [1.165, 1.54) is 18.5 Å². The summed E-state index contributed by atoms with van der Waals surface area (Å²) in [5.41, 5.74) is 0.600. The zero-order valence-electron chi connectivity index (χ0n) is 12.8. The van der Waals surface area contributed by atoms with E-state index in [2.05, 4.69) is 10.3 Å². The van der Waals surface area contributed by atoms with E-state index in [0.29, 0.717) is 11.4 Å². The fraction of sp³-hybridized carbons (Fsp3) is 0.400. The van der Waals surface area contributed by atoms with Crippen molar-refractivity contribution in [1.82, 2.24) is 4.98 Å². The first-order valence-electron chi connectivity index (χ1n) is 6.87. The number of aromatic nitrogens is 1. The number of rotatable bonds is 5. The van der Waals surface area contributed by atoms with E-state index in [9.17, 15) is 13.5 Å². The van der Waals surface area contributed by atoms with Crippen LogP contribution in [0.3, 0.4) is 0 Å². The molecule has 0 aromatic carbocycles. The van der Waals surface area contributed by atoms with E-state index in [0.717, 1.165) is 0 Å². The molecule has 22 heavy (non-hydrogen) atoms. The molecular weight excluding hydrogens is 304 g/mol. The van der Waals surface area contributed by atoms with Crippen LogP contribution in [0.4, 0.5) is 5.69 Å². The van der Waals surface area contributed by atoms with Gasteiger partial charge in [0.25, 0.3) is 0 Å². The molecule has 0 bridgehead atoms. The zero-order valence-corrected chi connectivity index (χ0v) is 13.6. The lowest BCUT2D eigenvalue weighted by Crippen LogP contribution is -2.28. The number of hydrogen-bond donors (Lipinski definition) is 2. The van der Waals surface area contributed by atoms with Gasteiger partial charge in [-0.05, 0) is 45.0 Å². The van der Waals surface area contributed by atoms with Gasteiger partial charge in [-0.25, -0.2) is 13.4 Å². The molecule has 0 fully saturated rings. The molecule has 0 aliphatic rings. The number of nitrogens with zero attached hydrogens (tertiary/aromatic N) is 1. The molecule has 0 amide bonds. The Morgan fingerprint density at radius 3 is 2.50 bits per heavy atom. The number of aliphatic hydroxyl groups is 1. The molecule has 0 saturated heterocycles. The Kier molecular flexibility index (Phi) is 4.58. The van der Waals surface area contributed by atoms with Crippen molar-refractivity contribution in [2.24, 2.45) is 0 Å². The number of anilines is 1. The Morgan fingerprint density at radius 1 is 1.32 bits per heavy atom. The van der Waals surface area contributed by atoms with Crippen molar-refractivity contribution in [3.05, 3.63) is 42.5 Å². The molecule has 2 heterocycles. The van der Waals surface area contributed by atoms with Gasteiger partial charge in [-0.1, -0.05) is 0 Å². The van der Waals surface area contributed by atoms with E-state index >= 15 is 0 Å². The van der Waals surface area contributed by atoms with Gasteiger partial charge in [0, 0.05) is 0 Å². The number of nitrogens with one attached hydrogen (secondary N) is 1. The number of aliphatic hydroxyl groups excluding tert-OH is 1. The molecule has 2 aromatic rings. The second-order valence-electron chi connectivity index (χ2n) is 5.90. The number of sulfone groups is 1. The van der Waals surface area contributed by atoms with Gasteiger partial charge in [0.15, 0.2) is 14.9 Å². The second kappa shape index (κ2) is 6.10. The summed E-state index contributed by atoms with van der Waals surface area (Å²) in [5.74, 6) is 0.592. The maximum Gasteiger partial charge on any atom is 0.200 e. The lowest BCUT2D eigenvalue weighted by atomic mass is 10.2. The van der Waals surface area contributed by atoms with Crippen LogP contribution >= 0.6 is 0 Å². The number of furan rings is 1. The third-order valence-corrected chi connectivity index (χ3v) is 5.63. The van der Waals surface area contributed by atoms with Crippen molar-refractivity contribution in [3.8, 4) is 0 Å². The first-order valence-corrected chi connectivity index (χ1v) is 8.35. The summed E-state index contributed by atoms with van der Waals surface area (Å²) in [6.45, 7) is 4.74. The summed E-state index contributed by atoms with van der Waals surface area (Å²) in [7, 11) is -3.48. The molecule has 0 radical (unpaired) electrons. The summed E-state index contributed by atoms with van der Waals surface area (Å²) < 4.78 is 28.9. The molecule has 2 aromatic heterocycles.